The Bertz CT molecular complexity index is 701. The SMILES string of the molecule is CC(=O)c1cccc(NC(=O)NC(C)Oc2ccc(Cl)cc2)c1. The molecule has 0 fully saturated rings. The molecule has 5 nitrogen and oxygen atoms in total. The lowest BCUT2D eigenvalue weighted by Crippen LogP contribution is -2.39. The molecular weight excluding hydrogens is 316 g/mol. The number of Topliss-reactive ketones (excluding diaryl/α,β-unsaturated/α-hetero) is 1. The molecular formula is C17H17ClN2O3. The van der Waals surface area contributed by atoms with Crippen molar-refractivity contribution in [1.29, 1.82) is 0 Å². The van der Waals surface area contributed by atoms with Crippen LogP contribution in [0.2, 0.25) is 5.02 Å². The lowest BCUT2D eigenvalue weighted by atomic mass is 10.1. The number of carbonyl (C=O) groups excluding carboxylic acids is 2. The van der Waals surface area contributed by atoms with E-state index in [9.17, 15) is 9.59 Å². The van der Waals surface area contributed by atoms with Gasteiger partial charge >= 0.3 is 6.03 Å². The normalized spacial score (nSPS) is 11.4. The molecule has 0 saturated carbocycles. The summed E-state index contributed by atoms with van der Waals surface area (Å²) in [5.74, 6) is 0.536. The fourth-order valence-corrected chi connectivity index (χ4v) is 2.04. The van der Waals surface area contributed by atoms with E-state index < -0.39 is 12.3 Å². The molecule has 120 valence electrons. The van der Waals surface area contributed by atoms with Gasteiger partial charge in [-0.2, -0.15) is 0 Å². The van der Waals surface area contributed by atoms with Crippen LogP contribution in [0.5, 0.6) is 5.75 Å². The predicted octanol–water partition coefficient (Wildman–Crippen LogP) is 4.09. The highest BCUT2D eigenvalue weighted by molar-refractivity contribution is 6.30. The van der Waals surface area contributed by atoms with Crippen LogP contribution in [0.1, 0.15) is 24.2 Å². The van der Waals surface area contributed by atoms with Crippen molar-refractivity contribution >= 4 is 29.1 Å². The number of hydrogen-bond donors (Lipinski definition) is 2. The van der Waals surface area contributed by atoms with Gasteiger partial charge in [0, 0.05) is 16.3 Å². The van der Waals surface area contributed by atoms with Crippen LogP contribution >= 0.6 is 11.6 Å². The van der Waals surface area contributed by atoms with Gasteiger partial charge in [-0.15, -0.1) is 0 Å². The summed E-state index contributed by atoms with van der Waals surface area (Å²) in [5.41, 5.74) is 1.07. The van der Waals surface area contributed by atoms with E-state index in [0.29, 0.717) is 22.0 Å². The minimum Gasteiger partial charge on any atom is -0.471 e. The molecule has 2 N–H and O–H groups in total. The zero-order chi connectivity index (χ0) is 16.8. The first-order chi connectivity index (χ1) is 10.9. The number of benzene rings is 2. The maximum Gasteiger partial charge on any atom is 0.322 e. The number of hydrogen-bond acceptors (Lipinski definition) is 3. The lowest BCUT2D eigenvalue weighted by Gasteiger charge is -2.17. The van der Waals surface area contributed by atoms with Gasteiger partial charge in [0.2, 0.25) is 0 Å². The Morgan fingerprint density at radius 2 is 1.83 bits per heavy atom. The van der Waals surface area contributed by atoms with Crippen molar-refractivity contribution in [3.63, 3.8) is 0 Å². The second kappa shape index (κ2) is 7.65. The topological polar surface area (TPSA) is 67.4 Å². The summed E-state index contributed by atoms with van der Waals surface area (Å²) < 4.78 is 5.55. The number of anilines is 1. The smallest absolute Gasteiger partial charge is 0.322 e. The molecule has 0 aromatic heterocycles. The van der Waals surface area contributed by atoms with Gasteiger partial charge in [-0.1, -0.05) is 23.7 Å². The molecule has 1 unspecified atom stereocenters. The average molecular weight is 333 g/mol. The summed E-state index contributed by atoms with van der Waals surface area (Å²) in [7, 11) is 0. The van der Waals surface area contributed by atoms with Crippen LogP contribution in [-0.4, -0.2) is 18.0 Å². The van der Waals surface area contributed by atoms with E-state index in [-0.39, 0.29) is 5.78 Å². The van der Waals surface area contributed by atoms with Crippen LogP contribution < -0.4 is 15.4 Å². The number of ether oxygens (including phenoxy) is 1. The molecule has 1 atom stereocenters. The predicted molar refractivity (Wildman–Crippen MR) is 90.1 cm³/mol. The molecule has 0 saturated heterocycles. The largest absolute Gasteiger partial charge is 0.471 e. The van der Waals surface area contributed by atoms with Crippen LogP contribution in [-0.2, 0) is 0 Å². The monoisotopic (exact) mass is 332 g/mol. The first-order valence-electron chi connectivity index (χ1n) is 7.05. The maximum atomic E-state index is 11.9. The van der Waals surface area contributed by atoms with Gasteiger partial charge in [-0.3, -0.25) is 4.79 Å². The lowest BCUT2D eigenvalue weighted by molar-refractivity contribution is 0.101. The highest BCUT2D eigenvalue weighted by Gasteiger charge is 2.09. The Morgan fingerprint density at radius 3 is 2.48 bits per heavy atom. The summed E-state index contributed by atoms with van der Waals surface area (Å²) >= 11 is 5.80. The van der Waals surface area contributed by atoms with Crippen LogP contribution in [0.15, 0.2) is 48.5 Å². The Hall–Kier alpha value is -2.53. The van der Waals surface area contributed by atoms with Crippen molar-refractivity contribution in [3.05, 3.63) is 59.1 Å². The molecule has 2 rings (SSSR count). The third kappa shape index (κ3) is 5.30. The van der Waals surface area contributed by atoms with E-state index in [0.717, 1.165) is 0 Å². The second-order valence-electron chi connectivity index (χ2n) is 4.95. The number of rotatable bonds is 5. The van der Waals surface area contributed by atoms with E-state index >= 15 is 0 Å². The van der Waals surface area contributed by atoms with Gasteiger partial charge in [0.15, 0.2) is 12.0 Å². The highest BCUT2D eigenvalue weighted by Crippen LogP contribution is 2.16. The van der Waals surface area contributed by atoms with Crippen LogP contribution in [0.3, 0.4) is 0 Å². The van der Waals surface area contributed by atoms with Crippen LogP contribution in [0.4, 0.5) is 10.5 Å². The summed E-state index contributed by atoms with van der Waals surface area (Å²) in [6, 6.07) is 13.1. The third-order valence-corrected chi connectivity index (χ3v) is 3.24. The van der Waals surface area contributed by atoms with Crippen molar-refractivity contribution in [1.82, 2.24) is 5.32 Å². The number of ketones is 1. The number of halogens is 1. The summed E-state index contributed by atoms with van der Waals surface area (Å²) in [6.45, 7) is 3.18. The Kier molecular flexibility index (Phi) is 5.60. The Balaban J connectivity index is 1.90. The summed E-state index contributed by atoms with van der Waals surface area (Å²) in [4.78, 5) is 23.3. The second-order valence-corrected chi connectivity index (χ2v) is 5.39. The standard InChI is InChI=1S/C17H17ClN2O3/c1-11(21)13-4-3-5-15(10-13)20-17(22)19-12(2)23-16-8-6-14(18)7-9-16/h3-10,12H,1-2H3,(H2,19,20,22). The van der Waals surface area contributed by atoms with Gasteiger partial charge in [-0.25, -0.2) is 4.79 Å². The molecule has 2 aromatic rings. The molecule has 0 aliphatic heterocycles. The van der Waals surface area contributed by atoms with E-state index in [1.165, 1.54) is 6.92 Å². The quantitative estimate of drug-likeness (QED) is 0.640. The zero-order valence-electron chi connectivity index (χ0n) is 12.8. The minimum atomic E-state index is -0.535. The van der Waals surface area contributed by atoms with Gasteiger partial charge < -0.3 is 15.4 Å². The van der Waals surface area contributed by atoms with E-state index in [1.807, 2.05) is 0 Å². The van der Waals surface area contributed by atoms with Crippen molar-refractivity contribution < 1.29 is 14.3 Å². The fraction of sp³-hybridized carbons (Fsp3) is 0.176. The molecule has 0 spiro atoms. The van der Waals surface area contributed by atoms with Gasteiger partial charge in [0.25, 0.3) is 0 Å². The average Bonchev–Trinajstić information content (AvgIpc) is 2.49. The maximum absolute atomic E-state index is 11.9. The fourth-order valence-electron chi connectivity index (χ4n) is 1.91. The van der Waals surface area contributed by atoms with E-state index in [1.54, 1.807) is 55.5 Å². The zero-order valence-corrected chi connectivity index (χ0v) is 13.6. The Morgan fingerprint density at radius 1 is 1.13 bits per heavy atom. The summed E-state index contributed by atoms with van der Waals surface area (Å²) in [5, 5.41) is 5.92. The molecule has 2 amide bonds. The van der Waals surface area contributed by atoms with Crippen molar-refractivity contribution in [2.75, 3.05) is 5.32 Å². The van der Waals surface area contributed by atoms with Crippen LogP contribution in [0.25, 0.3) is 0 Å². The summed E-state index contributed by atoms with van der Waals surface area (Å²) in [6.07, 6.45) is -0.535. The van der Waals surface area contributed by atoms with Gasteiger partial charge in [0.05, 0.1) is 0 Å². The van der Waals surface area contributed by atoms with Crippen molar-refractivity contribution in [3.8, 4) is 5.75 Å². The number of urea groups is 1. The molecule has 0 aliphatic carbocycles. The number of carbonyl (C=O) groups is 2. The Labute approximate surface area is 139 Å². The van der Waals surface area contributed by atoms with Gasteiger partial charge in [0.1, 0.15) is 5.75 Å². The number of amides is 2. The van der Waals surface area contributed by atoms with Crippen LogP contribution in [0, 0.1) is 0 Å². The van der Waals surface area contributed by atoms with Crippen molar-refractivity contribution in [2.24, 2.45) is 0 Å². The minimum absolute atomic E-state index is 0.0616. The first kappa shape index (κ1) is 16.8. The molecule has 0 aliphatic rings. The molecule has 0 heterocycles. The van der Waals surface area contributed by atoms with Crippen molar-refractivity contribution in [2.45, 2.75) is 20.1 Å². The molecule has 23 heavy (non-hydrogen) atoms. The van der Waals surface area contributed by atoms with E-state index in [2.05, 4.69) is 10.6 Å². The third-order valence-electron chi connectivity index (χ3n) is 2.99. The number of nitrogens with one attached hydrogen (secondary N) is 2. The highest BCUT2D eigenvalue weighted by atomic mass is 35.5. The molecule has 2 aromatic carbocycles. The van der Waals surface area contributed by atoms with Gasteiger partial charge in [-0.05, 0) is 50.2 Å². The molecule has 0 radical (unpaired) electrons. The first-order valence-corrected chi connectivity index (χ1v) is 7.42. The van der Waals surface area contributed by atoms with E-state index in [4.69, 9.17) is 16.3 Å². The molecule has 6 heteroatoms. The molecule has 0 bridgehead atoms.